The summed E-state index contributed by atoms with van der Waals surface area (Å²) in [6.45, 7) is 0. The van der Waals surface area contributed by atoms with Gasteiger partial charge in [-0.1, -0.05) is 15.9 Å². The van der Waals surface area contributed by atoms with E-state index in [2.05, 4.69) is 25.9 Å². The molecule has 9 heteroatoms. The first-order chi connectivity index (χ1) is 9.70. The lowest BCUT2D eigenvalue weighted by molar-refractivity contribution is -0.141. The molecule has 0 bridgehead atoms. The fraction of sp³-hybridized carbons (Fsp3) is 0.0833. The maximum Gasteiger partial charge on any atom is 0.434 e. The Balaban J connectivity index is 2.67. The summed E-state index contributed by atoms with van der Waals surface area (Å²) in [5, 5.41) is 8.74. The first kappa shape index (κ1) is 15.4. The van der Waals surface area contributed by atoms with Crippen molar-refractivity contribution in [2.24, 2.45) is 0 Å². The van der Waals surface area contributed by atoms with Crippen LogP contribution in [0.5, 0.6) is 0 Å². The van der Waals surface area contributed by atoms with E-state index in [1.54, 1.807) is 0 Å². The van der Waals surface area contributed by atoms with Gasteiger partial charge >= 0.3 is 12.1 Å². The maximum absolute atomic E-state index is 13.2. The quantitative estimate of drug-likeness (QED) is 0.824. The number of aromatic carboxylic acids is 1. The summed E-state index contributed by atoms with van der Waals surface area (Å²) in [7, 11) is 0. The average molecular weight is 365 g/mol. The molecule has 0 saturated heterocycles. The van der Waals surface area contributed by atoms with Gasteiger partial charge in [-0.2, -0.15) is 13.2 Å². The molecule has 0 aliphatic carbocycles. The third-order valence-electron chi connectivity index (χ3n) is 2.46. The first-order valence-electron chi connectivity index (χ1n) is 5.33. The summed E-state index contributed by atoms with van der Waals surface area (Å²) in [5.41, 5.74) is -2.67. The lowest BCUT2D eigenvalue weighted by Crippen LogP contribution is -2.16. The van der Waals surface area contributed by atoms with Crippen molar-refractivity contribution in [1.82, 2.24) is 9.97 Å². The van der Waals surface area contributed by atoms with Gasteiger partial charge in [-0.05, 0) is 18.2 Å². The van der Waals surface area contributed by atoms with Crippen LogP contribution in [-0.2, 0) is 6.18 Å². The topological polar surface area (TPSA) is 63.1 Å². The van der Waals surface area contributed by atoms with Gasteiger partial charge in [0, 0.05) is 16.2 Å². The van der Waals surface area contributed by atoms with E-state index in [0.717, 1.165) is 12.1 Å². The van der Waals surface area contributed by atoms with Crippen molar-refractivity contribution in [3.8, 4) is 11.4 Å². The van der Waals surface area contributed by atoms with E-state index in [9.17, 15) is 22.4 Å². The Bertz CT molecular complexity index is 719. The van der Waals surface area contributed by atoms with E-state index in [0.29, 0.717) is 6.20 Å². The van der Waals surface area contributed by atoms with Crippen LogP contribution in [-0.4, -0.2) is 21.0 Å². The highest BCUT2D eigenvalue weighted by Crippen LogP contribution is 2.33. The second-order valence-corrected chi connectivity index (χ2v) is 4.74. The third kappa shape index (κ3) is 3.18. The van der Waals surface area contributed by atoms with Gasteiger partial charge in [-0.15, -0.1) is 0 Å². The van der Waals surface area contributed by atoms with Crippen molar-refractivity contribution in [3.63, 3.8) is 0 Å². The lowest BCUT2D eigenvalue weighted by atomic mass is 10.1. The molecular formula is C12H5BrF4N2O2. The van der Waals surface area contributed by atoms with Crippen molar-refractivity contribution < 1.29 is 27.5 Å². The number of hydrogen-bond donors (Lipinski definition) is 1. The Kier molecular flexibility index (Phi) is 3.95. The average Bonchev–Trinajstić information content (AvgIpc) is 2.40. The summed E-state index contributed by atoms with van der Waals surface area (Å²) in [6.07, 6.45) is -4.42. The van der Waals surface area contributed by atoms with E-state index in [1.807, 2.05) is 0 Å². The van der Waals surface area contributed by atoms with Crippen LogP contribution in [0, 0.1) is 5.82 Å². The van der Waals surface area contributed by atoms with Crippen LogP contribution in [0.4, 0.5) is 17.6 Å². The maximum atomic E-state index is 13.2. The number of benzene rings is 1. The third-order valence-corrected chi connectivity index (χ3v) is 3.15. The van der Waals surface area contributed by atoms with Gasteiger partial charge in [0.1, 0.15) is 11.4 Å². The number of aromatic nitrogens is 2. The molecule has 110 valence electrons. The van der Waals surface area contributed by atoms with Crippen molar-refractivity contribution in [3.05, 3.63) is 45.9 Å². The van der Waals surface area contributed by atoms with Crippen LogP contribution in [0.15, 0.2) is 28.9 Å². The number of nitrogens with zero attached hydrogens (tertiary/aromatic N) is 2. The number of carbonyl (C=O) groups is 1. The number of halogens is 5. The second-order valence-electron chi connectivity index (χ2n) is 3.88. The number of carboxylic acids is 1. The molecule has 1 N–H and O–H groups in total. The van der Waals surface area contributed by atoms with Crippen LogP contribution >= 0.6 is 15.9 Å². The van der Waals surface area contributed by atoms with Crippen molar-refractivity contribution >= 4 is 21.9 Å². The Hall–Kier alpha value is -2.03. The second kappa shape index (κ2) is 5.40. The molecule has 0 unspecified atom stereocenters. The molecule has 0 fully saturated rings. The molecule has 1 heterocycles. The summed E-state index contributed by atoms with van der Waals surface area (Å²) < 4.78 is 52.0. The fourth-order valence-electron chi connectivity index (χ4n) is 1.55. The zero-order valence-corrected chi connectivity index (χ0v) is 11.5. The molecular weight excluding hydrogens is 360 g/mol. The smallest absolute Gasteiger partial charge is 0.434 e. The van der Waals surface area contributed by atoms with Crippen molar-refractivity contribution in [2.75, 3.05) is 0 Å². The highest BCUT2D eigenvalue weighted by molar-refractivity contribution is 9.10. The van der Waals surface area contributed by atoms with Gasteiger partial charge < -0.3 is 5.11 Å². The minimum Gasteiger partial charge on any atom is -0.478 e. The van der Waals surface area contributed by atoms with Gasteiger partial charge in [0.15, 0.2) is 11.5 Å². The minimum atomic E-state index is -4.97. The molecule has 1 aromatic heterocycles. The Morgan fingerprint density at radius 2 is 1.95 bits per heavy atom. The van der Waals surface area contributed by atoms with Crippen LogP contribution in [0.2, 0.25) is 0 Å². The molecule has 0 spiro atoms. The SMILES string of the molecule is O=C(O)c1cnc(-c2cc(F)ccc2Br)nc1C(F)(F)F. The molecule has 1 aromatic carbocycles. The molecule has 21 heavy (non-hydrogen) atoms. The van der Waals surface area contributed by atoms with Crippen LogP contribution in [0.1, 0.15) is 16.1 Å². The van der Waals surface area contributed by atoms with Gasteiger partial charge in [0.2, 0.25) is 0 Å². The molecule has 0 amide bonds. The Labute approximate surface area is 123 Å². The summed E-state index contributed by atoms with van der Waals surface area (Å²) in [6, 6.07) is 3.33. The van der Waals surface area contributed by atoms with Gasteiger partial charge in [0.05, 0.1) is 0 Å². The van der Waals surface area contributed by atoms with E-state index in [4.69, 9.17) is 5.11 Å². The lowest BCUT2D eigenvalue weighted by Gasteiger charge is -2.11. The van der Waals surface area contributed by atoms with Crippen molar-refractivity contribution in [1.29, 1.82) is 0 Å². The molecule has 0 aliphatic rings. The number of alkyl halides is 3. The number of rotatable bonds is 2. The molecule has 4 nitrogen and oxygen atoms in total. The highest BCUT2D eigenvalue weighted by atomic mass is 79.9. The first-order valence-corrected chi connectivity index (χ1v) is 6.12. The largest absolute Gasteiger partial charge is 0.478 e. The Morgan fingerprint density at radius 1 is 1.29 bits per heavy atom. The number of hydrogen-bond acceptors (Lipinski definition) is 3. The van der Waals surface area contributed by atoms with Gasteiger partial charge in [0.25, 0.3) is 0 Å². The van der Waals surface area contributed by atoms with Crippen LogP contribution in [0.25, 0.3) is 11.4 Å². The molecule has 0 radical (unpaired) electrons. The number of carboxylic acid groups (broad SMARTS) is 1. The zero-order chi connectivity index (χ0) is 15.8. The van der Waals surface area contributed by atoms with Crippen LogP contribution in [0.3, 0.4) is 0 Å². The van der Waals surface area contributed by atoms with Crippen LogP contribution < -0.4 is 0 Å². The van der Waals surface area contributed by atoms with Gasteiger partial charge in [-0.3, -0.25) is 0 Å². The molecule has 2 aromatic rings. The zero-order valence-electron chi connectivity index (χ0n) is 9.95. The summed E-state index contributed by atoms with van der Waals surface area (Å²) in [5.74, 6) is -2.92. The minimum absolute atomic E-state index is 0.0163. The molecule has 0 aliphatic heterocycles. The normalized spacial score (nSPS) is 11.5. The van der Waals surface area contributed by atoms with E-state index in [1.165, 1.54) is 6.07 Å². The van der Waals surface area contributed by atoms with E-state index >= 15 is 0 Å². The fourth-order valence-corrected chi connectivity index (χ4v) is 1.98. The van der Waals surface area contributed by atoms with Gasteiger partial charge in [-0.25, -0.2) is 19.2 Å². The predicted octanol–water partition coefficient (Wildman–Crippen LogP) is 3.76. The molecule has 0 atom stereocenters. The Morgan fingerprint density at radius 3 is 2.52 bits per heavy atom. The summed E-state index contributed by atoms with van der Waals surface area (Å²) >= 11 is 3.05. The summed E-state index contributed by atoms with van der Waals surface area (Å²) in [4.78, 5) is 17.6. The predicted molar refractivity (Wildman–Crippen MR) is 67.1 cm³/mol. The van der Waals surface area contributed by atoms with E-state index < -0.39 is 35.0 Å². The monoisotopic (exact) mass is 364 g/mol. The highest BCUT2D eigenvalue weighted by Gasteiger charge is 2.38. The van der Waals surface area contributed by atoms with E-state index in [-0.39, 0.29) is 10.0 Å². The van der Waals surface area contributed by atoms with Crippen molar-refractivity contribution in [2.45, 2.75) is 6.18 Å². The molecule has 0 saturated carbocycles. The standard InChI is InChI=1S/C12H5BrF4N2O2/c13-8-2-1-5(14)3-6(8)10-18-4-7(11(20)21)9(19-10)12(15,16)17/h1-4H,(H,20,21). The molecule has 2 rings (SSSR count).